The Labute approximate surface area is 273 Å². The highest BCUT2D eigenvalue weighted by Gasteiger charge is 2.36. The number of benzene rings is 4. The van der Waals surface area contributed by atoms with Gasteiger partial charge in [-0.15, -0.1) is 0 Å². The van der Waals surface area contributed by atoms with Gasteiger partial charge in [0.05, 0.1) is 12.6 Å². The van der Waals surface area contributed by atoms with Crippen LogP contribution < -0.4 is 0 Å². The molecule has 7 rings (SSSR count). The van der Waals surface area contributed by atoms with E-state index in [9.17, 15) is 14.5 Å². The Hall–Kier alpha value is -4.38. The minimum atomic E-state index is -4.68. The van der Waals surface area contributed by atoms with E-state index in [-0.39, 0.29) is 56.1 Å². The minimum Gasteiger partial charge on any atom is -0.455 e. The fourth-order valence-electron chi connectivity index (χ4n) is 6.44. The molecule has 1 aliphatic rings. The predicted molar refractivity (Wildman–Crippen MR) is 177 cm³/mol. The zero-order valence-electron chi connectivity index (χ0n) is 32.9. The molecular weight excluding hydrogens is 567 g/mol. The highest BCUT2D eigenvalue weighted by Crippen LogP contribution is 2.46. The number of hydrogen-bond acceptors (Lipinski definition) is 2. The average Bonchev–Trinajstić information content (AvgIpc) is 3.47. The SMILES string of the molecule is [2H]c1cc(C2([2H])CCC(C)(C)CC2)cc(C([2H])([2H])[2H])c1-c1cc(-c2cccc3c2oc2c(-c4ccccc4)c(C(F)(F)F)ccc23)ncc1C([2H])([2H])[2H]. The molecule has 0 bridgehead atoms. The molecule has 0 unspecified atom stereocenters. The van der Waals surface area contributed by atoms with Crippen molar-refractivity contribution in [1.82, 2.24) is 4.98 Å². The number of halogens is 3. The molecule has 5 heteroatoms. The molecule has 0 N–H and O–H groups in total. The van der Waals surface area contributed by atoms with E-state index in [0.29, 0.717) is 40.3 Å². The summed E-state index contributed by atoms with van der Waals surface area (Å²) in [4.78, 5) is 4.46. The van der Waals surface area contributed by atoms with Crippen LogP contribution in [-0.4, -0.2) is 4.98 Å². The first-order valence-corrected chi connectivity index (χ1v) is 15.0. The Morgan fingerprint density at radius 3 is 2.33 bits per heavy atom. The van der Waals surface area contributed by atoms with Crippen LogP contribution in [0.5, 0.6) is 0 Å². The third kappa shape index (κ3) is 5.32. The molecule has 0 radical (unpaired) electrons. The molecule has 0 spiro atoms. The molecule has 45 heavy (non-hydrogen) atoms. The van der Waals surface area contributed by atoms with Crippen molar-refractivity contribution in [2.45, 2.75) is 65.3 Å². The lowest BCUT2D eigenvalue weighted by atomic mass is 9.71. The van der Waals surface area contributed by atoms with E-state index in [1.165, 1.54) is 24.3 Å². The number of aromatic nitrogens is 1. The number of para-hydroxylation sites is 1. The second kappa shape index (κ2) is 10.9. The number of rotatable bonds is 4. The maximum atomic E-state index is 14.4. The fraction of sp³-hybridized carbons (Fsp3) is 0.275. The van der Waals surface area contributed by atoms with Crippen molar-refractivity contribution in [1.29, 1.82) is 0 Å². The van der Waals surface area contributed by atoms with Gasteiger partial charge < -0.3 is 4.42 Å². The number of nitrogens with zero attached hydrogens (tertiary/aromatic N) is 1. The monoisotopic (exact) mass is 611 g/mol. The van der Waals surface area contributed by atoms with Crippen LogP contribution in [0.25, 0.3) is 55.4 Å². The van der Waals surface area contributed by atoms with Crippen molar-refractivity contribution >= 4 is 21.9 Å². The van der Waals surface area contributed by atoms with E-state index >= 15 is 0 Å². The van der Waals surface area contributed by atoms with Crippen LogP contribution in [-0.2, 0) is 6.18 Å². The second-order valence-corrected chi connectivity index (χ2v) is 12.6. The van der Waals surface area contributed by atoms with Crippen LogP contribution >= 0.6 is 0 Å². The van der Waals surface area contributed by atoms with Gasteiger partial charge in [-0.05, 0) is 108 Å². The molecule has 0 saturated heterocycles. The van der Waals surface area contributed by atoms with Crippen LogP contribution in [0.4, 0.5) is 13.2 Å². The van der Waals surface area contributed by atoms with E-state index in [2.05, 4.69) is 18.8 Å². The fourth-order valence-corrected chi connectivity index (χ4v) is 6.44. The van der Waals surface area contributed by atoms with Crippen LogP contribution in [0.15, 0.2) is 95.5 Å². The lowest BCUT2D eigenvalue weighted by Crippen LogP contribution is -2.20. The summed E-state index contributed by atoms with van der Waals surface area (Å²) in [5.41, 5.74) is -0.201. The van der Waals surface area contributed by atoms with Crippen LogP contribution in [0.1, 0.15) is 78.6 Å². The van der Waals surface area contributed by atoms with Crippen molar-refractivity contribution in [2.75, 3.05) is 0 Å². The topological polar surface area (TPSA) is 26.0 Å². The lowest BCUT2D eigenvalue weighted by molar-refractivity contribution is -0.137. The molecule has 228 valence electrons. The average molecular weight is 612 g/mol. The van der Waals surface area contributed by atoms with Crippen molar-refractivity contribution in [3.63, 3.8) is 0 Å². The van der Waals surface area contributed by atoms with Crippen LogP contribution in [0.2, 0.25) is 0 Å². The van der Waals surface area contributed by atoms with Gasteiger partial charge in [-0.1, -0.05) is 74.5 Å². The van der Waals surface area contributed by atoms with Gasteiger partial charge in [0, 0.05) is 37.7 Å². The largest absolute Gasteiger partial charge is 0.455 e. The van der Waals surface area contributed by atoms with Gasteiger partial charge >= 0.3 is 6.18 Å². The summed E-state index contributed by atoms with van der Waals surface area (Å²) in [5, 5.41) is 0.925. The normalized spacial score (nSPS) is 19.5. The molecule has 0 amide bonds. The van der Waals surface area contributed by atoms with Gasteiger partial charge in [-0.3, -0.25) is 4.98 Å². The van der Waals surface area contributed by atoms with E-state index < -0.39 is 31.3 Å². The molecule has 1 aliphatic carbocycles. The standard InChI is InChI=1S/C40H36F3NO/c1-24-21-28(26-17-19-39(3,4)20-18-26)13-14-29(24)33-22-35(44-23-25(33)2)32-12-8-11-30-31-15-16-34(40(41,42)43)36(38(31)45-37(30)32)27-9-6-5-7-10-27/h5-16,21-23,26H,17-20H2,1-4H3/i1D3,2D3,14D,26D. The summed E-state index contributed by atoms with van der Waals surface area (Å²) in [7, 11) is 0. The van der Waals surface area contributed by atoms with E-state index in [1.54, 1.807) is 48.5 Å². The van der Waals surface area contributed by atoms with Gasteiger partial charge in [-0.25, -0.2) is 0 Å². The lowest BCUT2D eigenvalue weighted by Gasteiger charge is -2.34. The summed E-state index contributed by atoms with van der Waals surface area (Å²) in [6, 6.07) is 19.6. The van der Waals surface area contributed by atoms with E-state index in [0.717, 1.165) is 25.1 Å². The summed E-state index contributed by atoms with van der Waals surface area (Å²) in [6.45, 7) is -1.27. The molecule has 1 saturated carbocycles. The van der Waals surface area contributed by atoms with Crippen molar-refractivity contribution in [3.8, 4) is 33.5 Å². The minimum absolute atomic E-state index is 0.0111. The van der Waals surface area contributed by atoms with Gasteiger partial charge in [0.2, 0.25) is 0 Å². The Balaban J connectivity index is 1.46. The zero-order chi connectivity index (χ0) is 38.3. The number of aryl methyl sites for hydroxylation is 2. The van der Waals surface area contributed by atoms with Gasteiger partial charge in [0.1, 0.15) is 11.2 Å². The predicted octanol–water partition coefficient (Wildman–Crippen LogP) is 12.3. The summed E-state index contributed by atoms with van der Waals surface area (Å²) in [5.74, 6) is -1.11. The van der Waals surface area contributed by atoms with Gasteiger partial charge in [0.15, 0.2) is 0 Å². The van der Waals surface area contributed by atoms with Gasteiger partial charge in [-0.2, -0.15) is 13.2 Å². The first-order chi connectivity index (χ1) is 24.7. The maximum Gasteiger partial charge on any atom is 0.417 e. The smallest absolute Gasteiger partial charge is 0.417 e. The number of pyridine rings is 1. The molecule has 2 aromatic heterocycles. The molecule has 1 fully saturated rings. The Morgan fingerprint density at radius 2 is 1.60 bits per heavy atom. The Bertz CT molecular complexity index is 2370. The second-order valence-electron chi connectivity index (χ2n) is 12.6. The van der Waals surface area contributed by atoms with Crippen LogP contribution in [0, 0.1) is 19.1 Å². The molecule has 4 aromatic carbocycles. The molecule has 2 nitrogen and oxygen atoms in total. The first-order valence-electron chi connectivity index (χ1n) is 19.0. The summed E-state index contributed by atoms with van der Waals surface area (Å²) >= 11 is 0. The van der Waals surface area contributed by atoms with Gasteiger partial charge in [0.25, 0.3) is 0 Å². The van der Waals surface area contributed by atoms with Crippen LogP contribution in [0.3, 0.4) is 0 Å². The summed E-state index contributed by atoms with van der Waals surface area (Å²) in [6.07, 6.45) is -1.08. The molecular formula is C40H36F3NO. The quantitative estimate of drug-likeness (QED) is 0.198. The third-order valence-electron chi connectivity index (χ3n) is 9.04. The number of furan rings is 1. The maximum absolute atomic E-state index is 14.4. The zero-order valence-corrected chi connectivity index (χ0v) is 24.9. The highest BCUT2D eigenvalue weighted by molar-refractivity contribution is 6.13. The van der Waals surface area contributed by atoms with E-state index in [1.807, 2.05) is 0 Å². The Kier molecular flexibility index (Phi) is 5.18. The van der Waals surface area contributed by atoms with Crippen molar-refractivity contribution in [2.24, 2.45) is 5.41 Å². The number of hydrogen-bond donors (Lipinski definition) is 0. The third-order valence-corrected chi connectivity index (χ3v) is 9.04. The number of alkyl halides is 3. The van der Waals surface area contributed by atoms with Crippen molar-refractivity contribution in [3.05, 3.63) is 113 Å². The highest BCUT2D eigenvalue weighted by atomic mass is 19.4. The molecule has 2 heterocycles. The molecule has 0 aliphatic heterocycles. The summed E-state index contributed by atoms with van der Waals surface area (Å²) < 4.78 is 118. The molecule has 6 aromatic rings. The first kappa shape index (κ1) is 21.4. The van der Waals surface area contributed by atoms with E-state index in [4.69, 9.17) is 14.0 Å². The van der Waals surface area contributed by atoms with Crippen molar-refractivity contribution < 1.29 is 28.6 Å². The Morgan fingerprint density at radius 1 is 0.844 bits per heavy atom. The molecule has 0 atom stereocenters. The number of fused-ring (bicyclic) bond motifs is 3.